The smallest absolute Gasteiger partial charge is 0.135 e. The fraction of sp³-hybridized carbons (Fsp3) is 0.533. The monoisotopic (exact) mass is 293 g/mol. The molecule has 2 atom stereocenters. The summed E-state index contributed by atoms with van der Waals surface area (Å²) in [5.41, 5.74) is 6.62. The summed E-state index contributed by atoms with van der Waals surface area (Å²) in [6, 6.07) is 6.05. The topological polar surface area (TPSA) is 41.3 Å². The van der Waals surface area contributed by atoms with Gasteiger partial charge >= 0.3 is 0 Å². The van der Waals surface area contributed by atoms with Crippen molar-refractivity contribution in [1.82, 2.24) is 4.90 Å². The van der Waals surface area contributed by atoms with Crippen molar-refractivity contribution >= 4 is 22.9 Å². The van der Waals surface area contributed by atoms with Gasteiger partial charge < -0.3 is 11.1 Å². The highest BCUT2D eigenvalue weighted by Gasteiger charge is 2.35. The highest BCUT2D eigenvalue weighted by atomic mass is 32.1. The number of nitrogens with two attached hydrogens (primary N) is 1. The Labute approximate surface area is 124 Å². The molecular weight excluding hydrogens is 273 g/mol. The molecule has 2 heterocycles. The summed E-state index contributed by atoms with van der Waals surface area (Å²) < 4.78 is 13.9. The van der Waals surface area contributed by atoms with E-state index < -0.39 is 0 Å². The van der Waals surface area contributed by atoms with Crippen molar-refractivity contribution in [2.45, 2.75) is 37.8 Å². The van der Waals surface area contributed by atoms with Gasteiger partial charge in [0.15, 0.2) is 0 Å². The lowest BCUT2D eigenvalue weighted by Gasteiger charge is -2.33. The van der Waals surface area contributed by atoms with Crippen LogP contribution in [0, 0.1) is 5.82 Å². The van der Waals surface area contributed by atoms with Crippen molar-refractivity contribution < 1.29 is 4.39 Å². The Hall–Kier alpha value is -1.20. The summed E-state index contributed by atoms with van der Waals surface area (Å²) in [5.74, 6) is -0.346. The molecule has 108 valence electrons. The summed E-state index contributed by atoms with van der Waals surface area (Å²) in [7, 11) is 0. The third-order valence-corrected chi connectivity index (χ3v) is 4.66. The SMILES string of the molecule is NC(=S)c1ccc(NC2CCN3CCCCC23)cc1F. The van der Waals surface area contributed by atoms with E-state index >= 15 is 0 Å². The molecule has 3 N–H and O–H groups in total. The molecule has 0 saturated carbocycles. The lowest BCUT2D eigenvalue weighted by atomic mass is 9.99. The normalized spacial score (nSPS) is 26.2. The minimum atomic E-state index is -0.346. The van der Waals surface area contributed by atoms with Crippen LogP contribution in [-0.2, 0) is 0 Å². The van der Waals surface area contributed by atoms with Crippen LogP contribution < -0.4 is 11.1 Å². The number of halogens is 1. The zero-order chi connectivity index (χ0) is 14.1. The van der Waals surface area contributed by atoms with Crippen molar-refractivity contribution in [3.63, 3.8) is 0 Å². The first kappa shape index (κ1) is 13.8. The Kier molecular flexibility index (Phi) is 3.89. The van der Waals surface area contributed by atoms with Crippen molar-refractivity contribution in [2.75, 3.05) is 18.4 Å². The molecule has 2 fully saturated rings. The molecule has 5 heteroatoms. The van der Waals surface area contributed by atoms with Crippen LogP contribution in [0.25, 0.3) is 0 Å². The Morgan fingerprint density at radius 2 is 2.15 bits per heavy atom. The van der Waals surface area contributed by atoms with Gasteiger partial charge in [-0.25, -0.2) is 4.39 Å². The number of benzene rings is 1. The molecule has 0 aromatic heterocycles. The van der Waals surface area contributed by atoms with Gasteiger partial charge in [-0.2, -0.15) is 0 Å². The van der Waals surface area contributed by atoms with E-state index in [4.69, 9.17) is 18.0 Å². The summed E-state index contributed by atoms with van der Waals surface area (Å²) in [4.78, 5) is 2.66. The van der Waals surface area contributed by atoms with E-state index in [1.807, 2.05) is 6.07 Å². The Morgan fingerprint density at radius 1 is 1.30 bits per heavy atom. The number of thiocarbonyl (C=S) groups is 1. The number of piperidine rings is 1. The molecule has 2 unspecified atom stereocenters. The molecule has 1 aromatic carbocycles. The van der Waals surface area contributed by atoms with Crippen LogP contribution in [0.5, 0.6) is 0 Å². The van der Waals surface area contributed by atoms with Crippen molar-refractivity contribution in [3.05, 3.63) is 29.6 Å². The van der Waals surface area contributed by atoms with Crippen molar-refractivity contribution in [3.8, 4) is 0 Å². The van der Waals surface area contributed by atoms with Crippen LogP contribution in [0.2, 0.25) is 0 Å². The van der Waals surface area contributed by atoms with Crippen LogP contribution in [-0.4, -0.2) is 35.1 Å². The average molecular weight is 293 g/mol. The van der Waals surface area contributed by atoms with E-state index in [1.165, 1.54) is 31.9 Å². The maximum absolute atomic E-state index is 13.9. The van der Waals surface area contributed by atoms with E-state index in [-0.39, 0.29) is 10.8 Å². The fourth-order valence-corrected chi connectivity index (χ4v) is 3.60. The average Bonchev–Trinajstić information content (AvgIpc) is 2.82. The molecule has 20 heavy (non-hydrogen) atoms. The van der Waals surface area contributed by atoms with Crippen LogP contribution in [0.4, 0.5) is 10.1 Å². The summed E-state index contributed by atoms with van der Waals surface area (Å²) >= 11 is 4.82. The molecule has 0 radical (unpaired) electrons. The van der Waals surface area contributed by atoms with Gasteiger partial charge in [0.2, 0.25) is 0 Å². The molecule has 2 aliphatic rings. The molecule has 0 bridgehead atoms. The molecule has 3 nitrogen and oxygen atoms in total. The Balaban J connectivity index is 1.72. The predicted molar refractivity (Wildman–Crippen MR) is 83.5 cm³/mol. The standard InChI is InChI=1S/C15H20FN3S/c16-12-9-10(4-5-11(12)15(17)20)18-13-6-8-19-7-2-1-3-14(13)19/h4-5,9,13-14,18H,1-3,6-8H2,(H2,17,20). The van der Waals surface area contributed by atoms with Crippen molar-refractivity contribution in [1.29, 1.82) is 0 Å². The first-order chi connectivity index (χ1) is 9.65. The number of rotatable bonds is 3. The van der Waals surface area contributed by atoms with Gasteiger partial charge in [-0.3, -0.25) is 4.90 Å². The number of hydrogen-bond donors (Lipinski definition) is 2. The third-order valence-electron chi connectivity index (χ3n) is 4.44. The van der Waals surface area contributed by atoms with Gasteiger partial charge in [0.05, 0.1) is 0 Å². The summed E-state index contributed by atoms with van der Waals surface area (Å²) in [6.45, 7) is 2.35. The number of nitrogens with one attached hydrogen (secondary N) is 1. The molecule has 0 amide bonds. The van der Waals surface area contributed by atoms with Crippen LogP contribution in [0.15, 0.2) is 18.2 Å². The van der Waals surface area contributed by atoms with Gasteiger partial charge in [-0.05, 0) is 44.0 Å². The molecule has 0 spiro atoms. The Bertz CT molecular complexity index is 520. The third kappa shape index (κ3) is 2.65. The number of nitrogens with zero attached hydrogens (tertiary/aromatic N) is 1. The number of fused-ring (bicyclic) bond motifs is 1. The van der Waals surface area contributed by atoms with E-state index in [0.717, 1.165) is 18.7 Å². The number of anilines is 1. The van der Waals surface area contributed by atoms with Gasteiger partial charge in [0, 0.05) is 29.9 Å². The van der Waals surface area contributed by atoms with Gasteiger partial charge in [-0.15, -0.1) is 0 Å². The second-order valence-corrected chi connectivity index (χ2v) is 6.14. The molecule has 0 aliphatic carbocycles. The maximum Gasteiger partial charge on any atom is 0.135 e. The Morgan fingerprint density at radius 3 is 2.90 bits per heavy atom. The highest BCUT2D eigenvalue weighted by Crippen LogP contribution is 2.29. The minimum Gasteiger partial charge on any atom is -0.389 e. The zero-order valence-corrected chi connectivity index (χ0v) is 12.3. The first-order valence-electron chi connectivity index (χ1n) is 7.25. The van der Waals surface area contributed by atoms with Gasteiger partial charge in [0.1, 0.15) is 10.8 Å². The highest BCUT2D eigenvalue weighted by molar-refractivity contribution is 7.80. The van der Waals surface area contributed by atoms with Gasteiger partial charge in [-0.1, -0.05) is 18.6 Å². The fourth-order valence-electron chi connectivity index (χ4n) is 3.43. The van der Waals surface area contributed by atoms with Crippen LogP contribution in [0.1, 0.15) is 31.2 Å². The van der Waals surface area contributed by atoms with E-state index in [9.17, 15) is 4.39 Å². The number of hydrogen-bond acceptors (Lipinski definition) is 3. The molecule has 1 aromatic rings. The first-order valence-corrected chi connectivity index (χ1v) is 7.66. The van der Waals surface area contributed by atoms with Crippen LogP contribution >= 0.6 is 12.2 Å². The largest absolute Gasteiger partial charge is 0.389 e. The second kappa shape index (κ2) is 5.66. The lowest BCUT2D eigenvalue weighted by Crippen LogP contribution is -2.41. The molecule has 2 aliphatic heterocycles. The minimum absolute atomic E-state index is 0.105. The quantitative estimate of drug-likeness (QED) is 0.840. The van der Waals surface area contributed by atoms with E-state index in [1.54, 1.807) is 6.07 Å². The molecule has 2 saturated heterocycles. The maximum atomic E-state index is 13.9. The van der Waals surface area contributed by atoms with Crippen LogP contribution in [0.3, 0.4) is 0 Å². The van der Waals surface area contributed by atoms with E-state index in [0.29, 0.717) is 17.6 Å². The summed E-state index contributed by atoms with van der Waals surface area (Å²) in [5, 5.41) is 3.48. The second-order valence-electron chi connectivity index (χ2n) is 5.70. The van der Waals surface area contributed by atoms with Gasteiger partial charge in [0.25, 0.3) is 0 Å². The summed E-state index contributed by atoms with van der Waals surface area (Å²) in [6.07, 6.45) is 4.98. The van der Waals surface area contributed by atoms with Crippen molar-refractivity contribution in [2.24, 2.45) is 5.73 Å². The lowest BCUT2D eigenvalue weighted by molar-refractivity contribution is 0.193. The predicted octanol–water partition coefficient (Wildman–Crippen LogP) is 2.50. The molecular formula is C15H20FN3S. The molecule has 3 rings (SSSR count). The van der Waals surface area contributed by atoms with E-state index in [2.05, 4.69) is 10.2 Å². The zero-order valence-electron chi connectivity index (χ0n) is 11.4.